The van der Waals surface area contributed by atoms with E-state index < -0.39 is 0 Å². The van der Waals surface area contributed by atoms with E-state index in [0.717, 1.165) is 16.5 Å². The molecule has 0 bridgehead atoms. The molecule has 2 rings (SSSR count). The maximum Gasteiger partial charge on any atom is 0.282 e. The van der Waals surface area contributed by atoms with E-state index in [1.807, 2.05) is 42.5 Å². The van der Waals surface area contributed by atoms with Gasteiger partial charge >= 0.3 is 0 Å². The van der Waals surface area contributed by atoms with Crippen molar-refractivity contribution in [2.45, 2.75) is 13.0 Å². The summed E-state index contributed by atoms with van der Waals surface area (Å²) in [6, 6.07) is 13.5. The first-order chi connectivity index (χ1) is 10.1. The fourth-order valence-electron chi connectivity index (χ4n) is 2.02. The van der Waals surface area contributed by atoms with Gasteiger partial charge in [-0.15, -0.1) is 0 Å². The van der Waals surface area contributed by atoms with E-state index in [9.17, 15) is 9.59 Å². The van der Waals surface area contributed by atoms with Crippen molar-refractivity contribution in [1.82, 2.24) is 5.32 Å². The molecule has 0 aliphatic carbocycles. The van der Waals surface area contributed by atoms with Gasteiger partial charge in [-0.2, -0.15) is 0 Å². The van der Waals surface area contributed by atoms with Crippen LogP contribution in [0.5, 0.6) is 0 Å². The summed E-state index contributed by atoms with van der Waals surface area (Å²) in [6.07, 6.45) is 0. The molecule has 0 radical (unpaired) electrons. The van der Waals surface area contributed by atoms with Gasteiger partial charge < -0.3 is 16.0 Å². The molecule has 5 heteroatoms. The summed E-state index contributed by atoms with van der Waals surface area (Å²) >= 11 is 0. The normalized spacial score (nSPS) is 11.9. The molecule has 0 fully saturated rings. The molecule has 0 aromatic heterocycles. The number of anilines is 1. The Morgan fingerprint density at radius 2 is 1.86 bits per heavy atom. The molecule has 2 amide bonds. The fourth-order valence-corrected chi connectivity index (χ4v) is 2.02. The lowest BCUT2D eigenvalue weighted by molar-refractivity contribution is -0.662. The quantitative estimate of drug-likeness (QED) is 0.748. The number of likely N-dealkylation sites (N-methyl/N-ethyl adjacent to an activating group) is 1. The number of rotatable bonds is 5. The van der Waals surface area contributed by atoms with Crippen molar-refractivity contribution >= 4 is 28.3 Å². The number of nitrogens with two attached hydrogens (primary N) is 1. The average Bonchev–Trinajstić information content (AvgIpc) is 2.51. The number of benzene rings is 2. The molecule has 2 aromatic rings. The topological polar surface area (TPSA) is 74.8 Å². The molecular formula is C16H20N3O2+. The number of hydrogen-bond acceptors (Lipinski definition) is 2. The van der Waals surface area contributed by atoms with Gasteiger partial charge in [0.25, 0.3) is 11.8 Å². The molecule has 0 unspecified atom stereocenters. The number of carbonyl (C=O) groups excluding carboxylic acids is 2. The molecule has 1 atom stereocenters. The summed E-state index contributed by atoms with van der Waals surface area (Å²) in [5.74, 6) is -0.213. The molecule has 110 valence electrons. The van der Waals surface area contributed by atoms with Gasteiger partial charge in [0.05, 0.1) is 0 Å². The molecule has 2 aromatic carbocycles. The molecular weight excluding hydrogens is 266 g/mol. The first-order valence-electron chi connectivity index (χ1n) is 6.93. The largest absolute Gasteiger partial charge is 0.354 e. The van der Waals surface area contributed by atoms with E-state index in [-0.39, 0.29) is 24.4 Å². The van der Waals surface area contributed by atoms with Crippen LogP contribution < -0.4 is 16.0 Å². The van der Waals surface area contributed by atoms with E-state index in [1.54, 1.807) is 19.3 Å². The maximum absolute atomic E-state index is 12.1. The van der Waals surface area contributed by atoms with Gasteiger partial charge in [0.15, 0.2) is 12.6 Å². The smallest absolute Gasteiger partial charge is 0.282 e. The van der Waals surface area contributed by atoms with Crippen molar-refractivity contribution < 1.29 is 14.9 Å². The predicted octanol–water partition coefficient (Wildman–Crippen LogP) is 0.476. The Morgan fingerprint density at radius 1 is 1.14 bits per heavy atom. The van der Waals surface area contributed by atoms with Crippen LogP contribution in [0.1, 0.15) is 6.92 Å². The summed E-state index contributed by atoms with van der Waals surface area (Å²) in [5, 5.41) is 9.32. The Bertz CT molecular complexity index is 655. The van der Waals surface area contributed by atoms with Crippen molar-refractivity contribution in [2.24, 2.45) is 0 Å². The van der Waals surface area contributed by atoms with Crippen molar-refractivity contribution in [3.63, 3.8) is 0 Å². The Morgan fingerprint density at radius 3 is 2.57 bits per heavy atom. The van der Waals surface area contributed by atoms with Crippen LogP contribution >= 0.6 is 0 Å². The van der Waals surface area contributed by atoms with Crippen molar-refractivity contribution in [2.75, 3.05) is 18.9 Å². The second-order valence-electron chi connectivity index (χ2n) is 4.95. The van der Waals surface area contributed by atoms with Gasteiger partial charge in [-0.25, -0.2) is 0 Å². The van der Waals surface area contributed by atoms with Gasteiger partial charge in [-0.05, 0) is 29.8 Å². The van der Waals surface area contributed by atoms with Gasteiger partial charge in [0, 0.05) is 12.7 Å². The molecule has 0 aliphatic rings. The highest BCUT2D eigenvalue weighted by atomic mass is 16.2. The summed E-state index contributed by atoms with van der Waals surface area (Å²) in [5.41, 5.74) is 0.763. The zero-order valence-corrected chi connectivity index (χ0v) is 12.2. The van der Waals surface area contributed by atoms with Gasteiger partial charge in [-0.3, -0.25) is 9.59 Å². The van der Waals surface area contributed by atoms with Crippen LogP contribution in [0.15, 0.2) is 42.5 Å². The summed E-state index contributed by atoms with van der Waals surface area (Å²) in [7, 11) is 1.58. The monoisotopic (exact) mass is 286 g/mol. The predicted molar refractivity (Wildman–Crippen MR) is 82.9 cm³/mol. The molecule has 0 heterocycles. The van der Waals surface area contributed by atoms with E-state index in [0.29, 0.717) is 0 Å². The molecule has 0 saturated heterocycles. The zero-order valence-electron chi connectivity index (χ0n) is 12.2. The Hall–Kier alpha value is -2.40. The number of nitrogens with one attached hydrogen (secondary N) is 2. The number of carbonyl (C=O) groups is 2. The fraction of sp³-hybridized carbons (Fsp3) is 0.250. The van der Waals surface area contributed by atoms with Gasteiger partial charge in [-0.1, -0.05) is 30.3 Å². The summed E-state index contributed by atoms with van der Waals surface area (Å²) < 4.78 is 0. The molecule has 0 saturated carbocycles. The highest BCUT2D eigenvalue weighted by Gasteiger charge is 2.17. The number of fused-ring (bicyclic) bond motifs is 1. The van der Waals surface area contributed by atoms with Crippen LogP contribution in [0.25, 0.3) is 10.8 Å². The zero-order chi connectivity index (χ0) is 15.2. The standard InChI is InChI=1S/C16H19N3O2/c1-11(18-10-15(20)17-2)16(21)19-14-8-7-12-5-3-4-6-13(12)9-14/h3-9,11,18H,10H2,1-2H3,(H,17,20)(H,19,21)/p+1/t11-/m0/s1. The average molecular weight is 286 g/mol. The summed E-state index contributed by atoms with van der Waals surface area (Å²) in [6.45, 7) is 2.02. The molecule has 0 aliphatic heterocycles. The Balaban J connectivity index is 1.98. The summed E-state index contributed by atoms with van der Waals surface area (Å²) in [4.78, 5) is 23.2. The van der Waals surface area contributed by atoms with Gasteiger partial charge in [0.2, 0.25) is 0 Å². The van der Waals surface area contributed by atoms with Crippen LogP contribution in [-0.4, -0.2) is 31.4 Å². The SMILES string of the molecule is CNC(=O)C[NH2+][C@@H](C)C(=O)Nc1ccc2ccccc2c1. The van der Waals surface area contributed by atoms with Crippen LogP contribution in [-0.2, 0) is 9.59 Å². The first kappa shape index (κ1) is 15.0. The highest BCUT2D eigenvalue weighted by Crippen LogP contribution is 2.18. The lowest BCUT2D eigenvalue weighted by Gasteiger charge is -2.11. The molecule has 5 nitrogen and oxygen atoms in total. The minimum Gasteiger partial charge on any atom is -0.354 e. The third-order valence-electron chi connectivity index (χ3n) is 3.37. The van der Waals surface area contributed by atoms with Crippen LogP contribution in [0.3, 0.4) is 0 Å². The van der Waals surface area contributed by atoms with E-state index in [4.69, 9.17) is 0 Å². The third-order valence-corrected chi connectivity index (χ3v) is 3.37. The van der Waals surface area contributed by atoms with E-state index >= 15 is 0 Å². The lowest BCUT2D eigenvalue weighted by Crippen LogP contribution is -2.93. The van der Waals surface area contributed by atoms with Crippen molar-refractivity contribution in [1.29, 1.82) is 0 Å². The van der Waals surface area contributed by atoms with Crippen LogP contribution in [0.2, 0.25) is 0 Å². The third kappa shape index (κ3) is 4.03. The number of quaternary nitrogens is 1. The lowest BCUT2D eigenvalue weighted by atomic mass is 10.1. The van der Waals surface area contributed by atoms with Crippen molar-refractivity contribution in [3.05, 3.63) is 42.5 Å². The van der Waals surface area contributed by atoms with E-state index in [1.165, 1.54) is 0 Å². The Labute approximate surface area is 123 Å². The maximum atomic E-state index is 12.1. The Kier molecular flexibility index (Phi) is 4.90. The van der Waals surface area contributed by atoms with E-state index in [2.05, 4.69) is 10.6 Å². The van der Waals surface area contributed by atoms with Crippen molar-refractivity contribution in [3.8, 4) is 0 Å². The molecule has 21 heavy (non-hydrogen) atoms. The van der Waals surface area contributed by atoms with Crippen LogP contribution in [0.4, 0.5) is 5.69 Å². The molecule has 0 spiro atoms. The molecule has 4 N–H and O–H groups in total. The highest BCUT2D eigenvalue weighted by molar-refractivity contribution is 5.96. The number of hydrogen-bond donors (Lipinski definition) is 3. The second-order valence-corrected chi connectivity index (χ2v) is 4.95. The first-order valence-corrected chi connectivity index (χ1v) is 6.93. The van der Waals surface area contributed by atoms with Gasteiger partial charge in [0.1, 0.15) is 0 Å². The minimum atomic E-state index is -0.325. The second kappa shape index (κ2) is 6.85. The minimum absolute atomic E-state index is 0.0969. The van der Waals surface area contributed by atoms with Crippen LogP contribution in [0, 0.1) is 0 Å². The number of amides is 2.